The molecule has 3 saturated carbocycles. The molecule has 0 atom stereocenters. The second-order valence-electron chi connectivity index (χ2n) is 4.40. The molecule has 0 aromatic carbocycles. The molecule has 3 rings (SSSR count). The normalized spacial score (nSPS) is 37.5. The van der Waals surface area contributed by atoms with E-state index in [0.717, 1.165) is 12.3 Å². The zero-order valence-electron chi connectivity index (χ0n) is 7.18. The maximum atomic E-state index is 10.5. The second-order valence-corrected chi connectivity index (χ2v) is 4.40. The van der Waals surface area contributed by atoms with Gasteiger partial charge in [-0.2, -0.15) is 0 Å². The van der Waals surface area contributed by atoms with Crippen molar-refractivity contribution in [3.8, 4) is 0 Å². The Morgan fingerprint density at radius 3 is 2.67 bits per heavy atom. The first kappa shape index (κ1) is 7.84. The van der Waals surface area contributed by atoms with E-state index in [-0.39, 0.29) is 0 Å². The van der Waals surface area contributed by atoms with Crippen LogP contribution in [0.25, 0.3) is 0 Å². The predicted molar refractivity (Wildman–Crippen MR) is 45.8 cm³/mol. The van der Waals surface area contributed by atoms with Crippen molar-refractivity contribution < 1.29 is 9.90 Å². The molecule has 2 heteroatoms. The van der Waals surface area contributed by atoms with E-state index in [9.17, 15) is 4.79 Å². The molecule has 3 aliphatic rings. The Bertz CT molecular complexity index is 231. The van der Waals surface area contributed by atoms with Crippen LogP contribution in [-0.2, 0) is 4.79 Å². The first-order valence-corrected chi connectivity index (χ1v) is 4.52. The molecular formula is C10H14O2. The lowest BCUT2D eigenvalue weighted by atomic mass is 9.66. The van der Waals surface area contributed by atoms with E-state index in [1.165, 1.54) is 25.7 Å². The van der Waals surface area contributed by atoms with Gasteiger partial charge >= 0.3 is 5.97 Å². The van der Waals surface area contributed by atoms with Crippen LogP contribution in [0.4, 0.5) is 0 Å². The summed E-state index contributed by atoms with van der Waals surface area (Å²) in [5.74, 6) is 0.0892. The van der Waals surface area contributed by atoms with Gasteiger partial charge in [0.1, 0.15) is 0 Å². The number of fused-ring (bicyclic) bond motifs is 1. The van der Waals surface area contributed by atoms with E-state index in [0.29, 0.717) is 11.0 Å². The SMILES string of the molecule is C=C(CC12CCC(C1)C2)C(=O)O. The largest absolute Gasteiger partial charge is 0.478 e. The monoisotopic (exact) mass is 166 g/mol. The summed E-state index contributed by atoms with van der Waals surface area (Å²) >= 11 is 0. The van der Waals surface area contributed by atoms with Crippen LogP contribution >= 0.6 is 0 Å². The van der Waals surface area contributed by atoms with Crippen molar-refractivity contribution in [1.82, 2.24) is 0 Å². The summed E-state index contributed by atoms with van der Waals surface area (Å²) in [6.45, 7) is 3.59. The summed E-state index contributed by atoms with van der Waals surface area (Å²) in [5.41, 5.74) is 0.760. The third kappa shape index (κ3) is 1.06. The van der Waals surface area contributed by atoms with Crippen molar-refractivity contribution in [3.05, 3.63) is 12.2 Å². The van der Waals surface area contributed by atoms with Gasteiger partial charge in [0.15, 0.2) is 0 Å². The highest BCUT2D eigenvalue weighted by Crippen LogP contribution is 2.61. The minimum absolute atomic E-state index is 0.361. The Kier molecular flexibility index (Phi) is 1.53. The number of carbonyl (C=O) groups is 1. The summed E-state index contributed by atoms with van der Waals surface area (Å²) in [6, 6.07) is 0. The molecule has 0 aromatic heterocycles. The molecule has 0 unspecified atom stereocenters. The van der Waals surface area contributed by atoms with Crippen LogP contribution in [0, 0.1) is 11.3 Å². The fourth-order valence-electron chi connectivity index (χ4n) is 2.84. The van der Waals surface area contributed by atoms with Gasteiger partial charge in [0.05, 0.1) is 0 Å². The standard InChI is InChI=1S/C10H14O2/c1-7(9(11)12)4-10-3-2-8(5-10)6-10/h8H,1-6H2,(H,11,12). The van der Waals surface area contributed by atoms with Gasteiger partial charge in [-0.05, 0) is 43.4 Å². The van der Waals surface area contributed by atoms with Crippen LogP contribution in [0.3, 0.4) is 0 Å². The molecule has 66 valence electrons. The number of carboxylic acid groups (broad SMARTS) is 1. The minimum atomic E-state index is -0.820. The van der Waals surface area contributed by atoms with Gasteiger partial charge in [-0.1, -0.05) is 6.58 Å². The average Bonchev–Trinajstić information content (AvgIpc) is 2.44. The molecule has 0 aliphatic heterocycles. The first-order valence-electron chi connectivity index (χ1n) is 4.52. The highest BCUT2D eigenvalue weighted by Gasteiger charge is 2.50. The van der Waals surface area contributed by atoms with Gasteiger partial charge in [0.2, 0.25) is 0 Å². The van der Waals surface area contributed by atoms with Crippen LogP contribution in [0.15, 0.2) is 12.2 Å². The predicted octanol–water partition coefficient (Wildman–Crippen LogP) is 2.21. The lowest BCUT2D eigenvalue weighted by Crippen LogP contribution is -2.29. The Morgan fingerprint density at radius 2 is 2.25 bits per heavy atom. The zero-order valence-corrected chi connectivity index (χ0v) is 7.18. The topological polar surface area (TPSA) is 37.3 Å². The van der Waals surface area contributed by atoms with Gasteiger partial charge in [-0.25, -0.2) is 4.79 Å². The van der Waals surface area contributed by atoms with Crippen LogP contribution in [0.2, 0.25) is 0 Å². The Labute approximate surface area is 72.3 Å². The number of hydrogen-bond donors (Lipinski definition) is 1. The Hall–Kier alpha value is -0.790. The molecule has 0 spiro atoms. The summed E-state index contributed by atoms with van der Waals surface area (Å²) in [6.07, 6.45) is 5.76. The molecule has 3 fully saturated rings. The van der Waals surface area contributed by atoms with Crippen LogP contribution in [0.1, 0.15) is 32.1 Å². The van der Waals surface area contributed by atoms with Gasteiger partial charge in [0, 0.05) is 5.57 Å². The van der Waals surface area contributed by atoms with E-state index >= 15 is 0 Å². The lowest BCUT2D eigenvalue weighted by molar-refractivity contribution is -0.133. The molecule has 12 heavy (non-hydrogen) atoms. The van der Waals surface area contributed by atoms with E-state index in [1.807, 2.05) is 0 Å². The molecule has 0 amide bonds. The summed E-state index contributed by atoms with van der Waals surface area (Å²) in [5, 5.41) is 8.67. The van der Waals surface area contributed by atoms with Gasteiger partial charge in [-0.15, -0.1) is 0 Å². The third-order valence-corrected chi connectivity index (χ3v) is 3.42. The number of carboxylic acids is 1. The van der Waals surface area contributed by atoms with Gasteiger partial charge in [0.25, 0.3) is 0 Å². The molecule has 0 aromatic rings. The summed E-state index contributed by atoms with van der Waals surface area (Å²) < 4.78 is 0. The van der Waals surface area contributed by atoms with Crippen molar-refractivity contribution in [1.29, 1.82) is 0 Å². The van der Waals surface area contributed by atoms with Crippen LogP contribution < -0.4 is 0 Å². The van der Waals surface area contributed by atoms with E-state index in [1.54, 1.807) is 0 Å². The van der Waals surface area contributed by atoms with Crippen molar-refractivity contribution in [2.45, 2.75) is 32.1 Å². The maximum Gasteiger partial charge on any atom is 0.330 e. The highest BCUT2D eigenvalue weighted by atomic mass is 16.4. The van der Waals surface area contributed by atoms with Crippen LogP contribution in [-0.4, -0.2) is 11.1 Å². The summed E-state index contributed by atoms with van der Waals surface area (Å²) in [4.78, 5) is 10.5. The van der Waals surface area contributed by atoms with E-state index < -0.39 is 5.97 Å². The quantitative estimate of drug-likeness (QED) is 0.652. The first-order chi connectivity index (χ1) is 5.61. The average molecular weight is 166 g/mol. The molecular weight excluding hydrogens is 152 g/mol. The van der Waals surface area contributed by atoms with E-state index in [4.69, 9.17) is 5.11 Å². The molecule has 2 bridgehead atoms. The van der Waals surface area contributed by atoms with Crippen molar-refractivity contribution in [2.24, 2.45) is 11.3 Å². The zero-order chi connectivity index (χ0) is 8.77. The van der Waals surface area contributed by atoms with Crippen molar-refractivity contribution in [3.63, 3.8) is 0 Å². The van der Waals surface area contributed by atoms with Crippen LogP contribution in [0.5, 0.6) is 0 Å². The summed E-state index contributed by atoms with van der Waals surface area (Å²) in [7, 11) is 0. The Balaban J connectivity index is 1.95. The molecule has 0 heterocycles. The van der Waals surface area contributed by atoms with Crippen molar-refractivity contribution in [2.75, 3.05) is 0 Å². The molecule has 0 saturated heterocycles. The fourth-order valence-corrected chi connectivity index (χ4v) is 2.84. The number of hydrogen-bond acceptors (Lipinski definition) is 1. The maximum absolute atomic E-state index is 10.5. The minimum Gasteiger partial charge on any atom is -0.478 e. The molecule has 2 nitrogen and oxygen atoms in total. The third-order valence-electron chi connectivity index (χ3n) is 3.42. The smallest absolute Gasteiger partial charge is 0.330 e. The van der Waals surface area contributed by atoms with Gasteiger partial charge in [-0.3, -0.25) is 0 Å². The van der Waals surface area contributed by atoms with E-state index in [2.05, 4.69) is 6.58 Å². The van der Waals surface area contributed by atoms with Crippen molar-refractivity contribution >= 4 is 5.97 Å². The molecule has 0 radical (unpaired) electrons. The fraction of sp³-hybridized carbons (Fsp3) is 0.700. The second kappa shape index (κ2) is 2.35. The van der Waals surface area contributed by atoms with Gasteiger partial charge < -0.3 is 5.11 Å². The number of aliphatic carboxylic acids is 1. The lowest BCUT2D eigenvalue weighted by Gasteiger charge is -2.38. The Morgan fingerprint density at radius 1 is 1.58 bits per heavy atom. The number of rotatable bonds is 3. The molecule has 1 N–H and O–H groups in total. The molecule has 3 aliphatic carbocycles. The highest BCUT2D eigenvalue weighted by molar-refractivity contribution is 5.85.